The number of esters is 2. The normalized spacial score (nSPS) is 38.8. The molecule has 0 aliphatic carbocycles. The van der Waals surface area contributed by atoms with Gasteiger partial charge in [-0.25, -0.2) is 9.59 Å². The molecule has 0 radical (unpaired) electrons. The van der Waals surface area contributed by atoms with Crippen molar-refractivity contribution < 1.29 is 88.7 Å². The van der Waals surface area contributed by atoms with Crippen LogP contribution in [0.15, 0.2) is 60.7 Å². The second-order valence-electron chi connectivity index (χ2n) is 11.9. The number of aliphatic hydroxyl groups excluding tert-OH is 9. The fraction of sp³-hybridized carbons (Fsp3) is 0.562. The fourth-order valence-corrected chi connectivity index (χ4v) is 5.89. The molecule has 18 heteroatoms. The summed E-state index contributed by atoms with van der Waals surface area (Å²) in [6.45, 7) is -3.76. The summed E-state index contributed by atoms with van der Waals surface area (Å²) in [4.78, 5) is 26.1. The lowest BCUT2D eigenvalue weighted by Gasteiger charge is -2.48. The maximum Gasteiger partial charge on any atom is 0.338 e. The summed E-state index contributed by atoms with van der Waals surface area (Å²) >= 11 is 0. The minimum Gasteiger partial charge on any atom is -0.453 e. The summed E-state index contributed by atoms with van der Waals surface area (Å²) in [5.74, 6) is -4.49. The second kappa shape index (κ2) is 16.4. The van der Waals surface area contributed by atoms with Crippen LogP contribution in [-0.4, -0.2) is 170 Å². The maximum atomic E-state index is 13.1. The first kappa shape index (κ1) is 38.1. The Kier molecular flexibility index (Phi) is 12.5. The highest BCUT2D eigenvalue weighted by atomic mass is 16.8. The molecule has 3 heterocycles. The molecule has 2 aromatic rings. The third-order valence-corrected chi connectivity index (χ3v) is 8.62. The van der Waals surface area contributed by atoms with Gasteiger partial charge in [0.15, 0.2) is 24.8 Å². The minimum atomic E-state index is -2.55. The Morgan fingerprint density at radius 3 is 1.68 bits per heavy atom. The molecule has 5 rings (SSSR count). The molecule has 3 saturated heterocycles. The Bertz CT molecular complexity index is 1400. The Labute approximate surface area is 284 Å². The highest BCUT2D eigenvalue weighted by Crippen LogP contribution is 2.40. The summed E-state index contributed by atoms with van der Waals surface area (Å²) in [5, 5.41) is 94.5. The van der Waals surface area contributed by atoms with Crippen molar-refractivity contribution in [2.45, 2.75) is 85.5 Å². The van der Waals surface area contributed by atoms with E-state index in [0.29, 0.717) is 0 Å². The predicted octanol–water partition coefficient (Wildman–Crippen LogP) is -3.84. The molecule has 2 aromatic carbocycles. The number of carbonyl (C=O) groups excluding carboxylic acids is 2. The van der Waals surface area contributed by atoms with Gasteiger partial charge in [-0.2, -0.15) is 0 Å². The summed E-state index contributed by atoms with van der Waals surface area (Å²) in [5.41, 5.74) is 0.0995. The molecule has 0 spiro atoms. The summed E-state index contributed by atoms with van der Waals surface area (Å²) < 4.78 is 39.8. The van der Waals surface area contributed by atoms with Gasteiger partial charge in [0.25, 0.3) is 0 Å². The monoisotopic (exact) mass is 712 g/mol. The van der Waals surface area contributed by atoms with E-state index in [1.165, 1.54) is 24.3 Å². The van der Waals surface area contributed by atoms with Gasteiger partial charge in [0, 0.05) is 0 Å². The van der Waals surface area contributed by atoms with Gasteiger partial charge in [-0.1, -0.05) is 36.4 Å². The van der Waals surface area contributed by atoms with Gasteiger partial charge in [0.05, 0.1) is 30.9 Å². The van der Waals surface area contributed by atoms with Crippen molar-refractivity contribution >= 4 is 11.9 Å². The fourth-order valence-electron chi connectivity index (χ4n) is 5.89. The van der Waals surface area contributed by atoms with Gasteiger partial charge in [-0.15, -0.1) is 0 Å². The molecule has 0 bridgehead atoms. The van der Waals surface area contributed by atoms with Crippen molar-refractivity contribution in [1.29, 1.82) is 0 Å². The quantitative estimate of drug-likeness (QED) is 0.0953. The lowest BCUT2D eigenvalue weighted by atomic mass is 9.96. The standard InChI is InChI=1S/C32H40O18/c33-11-17-20(37)22(39)23(40)30(44-17)47-26-24(41)25(46-28(42)15-7-3-1-4-8-15)19(13-35)45-31(26)50-32(14-36)27(21(38)18(12-34)49-32)48-29(43)16-9-5-2-6-10-16/h1-10,17-27,30-31,33-41H,11-14H2/t17-,18-,19+,20+,21+,22-,23+,24-,25+,26+,27+,30-,31+,32-/m0/s1. The highest BCUT2D eigenvalue weighted by molar-refractivity contribution is 5.90. The molecule has 0 aromatic heterocycles. The molecule has 0 saturated carbocycles. The van der Waals surface area contributed by atoms with Crippen LogP contribution in [0.5, 0.6) is 0 Å². The largest absolute Gasteiger partial charge is 0.453 e. The number of aliphatic hydroxyl groups is 9. The lowest BCUT2D eigenvalue weighted by Crippen LogP contribution is -2.67. The number of hydrogen-bond donors (Lipinski definition) is 9. The summed E-state index contributed by atoms with van der Waals surface area (Å²) in [6, 6.07) is 15.1. The van der Waals surface area contributed by atoms with Gasteiger partial charge >= 0.3 is 11.9 Å². The zero-order valence-corrected chi connectivity index (χ0v) is 26.3. The second-order valence-corrected chi connectivity index (χ2v) is 11.9. The average Bonchev–Trinajstić information content (AvgIpc) is 3.40. The average molecular weight is 713 g/mol. The topological polar surface area (TPSA) is 281 Å². The number of ether oxygens (including phenoxy) is 7. The van der Waals surface area contributed by atoms with E-state index in [4.69, 9.17) is 33.2 Å². The van der Waals surface area contributed by atoms with E-state index in [1.54, 1.807) is 36.4 Å². The molecule has 3 aliphatic rings. The Morgan fingerprint density at radius 2 is 1.14 bits per heavy atom. The minimum absolute atomic E-state index is 0.0376. The van der Waals surface area contributed by atoms with Crippen LogP contribution in [0.2, 0.25) is 0 Å². The first-order valence-electron chi connectivity index (χ1n) is 15.7. The molecule has 9 N–H and O–H groups in total. The van der Waals surface area contributed by atoms with Crippen molar-refractivity contribution in [3.05, 3.63) is 71.8 Å². The van der Waals surface area contributed by atoms with E-state index in [2.05, 4.69) is 0 Å². The molecule has 50 heavy (non-hydrogen) atoms. The molecule has 18 nitrogen and oxygen atoms in total. The van der Waals surface area contributed by atoms with Crippen molar-refractivity contribution in [3.63, 3.8) is 0 Å². The van der Waals surface area contributed by atoms with Gasteiger partial charge in [-0.05, 0) is 24.3 Å². The number of benzene rings is 2. The van der Waals surface area contributed by atoms with Crippen molar-refractivity contribution in [2.24, 2.45) is 0 Å². The molecule has 3 aliphatic heterocycles. The van der Waals surface area contributed by atoms with E-state index in [0.717, 1.165) is 0 Å². The molecule has 0 unspecified atom stereocenters. The summed E-state index contributed by atoms with van der Waals surface area (Å²) in [6.07, 6.45) is -23.5. The Hall–Kier alpha value is -3.18. The van der Waals surface area contributed by atoms with Gasteiger partial charge in [0.2, 0.25) is 5.79 Å². The van der Waals surface area contributed by atoms with Crippen LogP contribution in [-0.2, 0) is 33.2 Å². The highest BCUT2D eigenvalue weighted by Gasteiger charge is 2.62. The van der Waals surface area contributed by atoms with Crippen molar-refractivity contribution in [2.75, 3.05) is 26.4 Å². The van der Waals surface area contributed by atoms with Crippen LogP contribution in [0, 0.1) is 0 Å². The molecule has 0 amide bonds. The van der Waals surface area contributed by atoms with E-state index in [-0.39, 0.29) is 11.1 Å². The Morgan fingerprint density at radius 1 is 0.600 bits per heavy atom. The zero-order valence-electron chi connectivity index (χ0n) is 26.3. The van der Waals surface area contributed by atoms with Crippen molar-refractivity contribution in [3.8, 4) is 0 Å². The van der Waals surface area contributed by atoms with Gasteiger partial charge in [0.1, 0.15) is 61.5 Å². The van der Waals surface area contributed by atoms with E-state index < -0.39 is 124 Å². The van der Waals surface area contributed by atoms with Gasteiger partial charge in [-0.3, -0.25) is 0 Å². The number of rotatable bonds is 12. The van der Waals surface area contributed by atoms with E-state index in [1.807, 2.05) is 0 Å². The van der Waals surface area contributed by atoms with Crippen LogP contribution in [0.1, 0.15) is 20.7 Å². The van der Waals surface area contributed by atoms with Crippen LogP contribution >= 0.6 is 0 Å². The molecule has 14 atom stereocenters. The molecular formula is C32H40O18. The molecule has 276 valence electrons. The maximum absolute atomic E-state index is 13.1. The molecule has 3 fully saturated rings. The smallest absolute Gasteiger partial charge is 0.338 e. The number of carbonyl (C=O) groups is 2. The van der Waals surface area contributed by atoms with Crippen LogP contribution < -0.4 is 0 Å². The zero-order chi connectivity index (χ0) is 36.2. The van der Waals surface area contributed by atoms with Crippen LogP contribution in [0.25, 0.3) is 0 Å². The SMILES string of the molecule is O=C(O[C@H]1[C@H](O)[C@@H](O[C@@H]2O[C@@H](CO)[C@@H](O)[C@H](O)[C@H]2O)[C@@H](O[C@]2(CO)O[C@@H](CO)[C@@H](O)[C@H]2OC(=O)c2ccccc2)O[C@@H]1CO)c1ccccc1. The number of hydrogen-bond acceptors (Lipinski definition) is 18. The van der Waals surface area contributed by atoms with Gasteiger partial charge < -0.3 is 79.1 Å². The Balaban J connectivity index is 1.49. The third kappa shape index (κ3) is 7.69. The van der Waals surface area contributed by atoms with E-state index >= 15 is 0 Å². The summed E-state index contributed by atoms with van der Waals surface area (Å²) in [7, 11) is 0. The van der Waals surface area contributed by atoms with Crippen LogP contribution in [0.4, 0.5) is 0 Å². The van der Waals surface area contributed by atoms with Crippen LogP contribution in [0.3, 0.4) is 0 Å². The lowest BCUT2D eigenvalue weighted by molar-refractivity contribution is -0.407. The van der Waals surface area contributed by atoms with E-state index in [9.17, 15) is 55.5 Å². The first-order chi connectivity index (χ1) is 24.0. The van der Waals surface area contributed by atoms with Crippen molar-refractivity contribution in [1.82, 2.24) is 0 Å². The molecular weight excluding hydrogens is 672 g/mol. The first-order valence-corrected chi connectivity index (χ1v) is 15.7. The third-order valence-electron chi connectivity index (χ3n) is 8.62. The predicted molar refractivity (Wildman–Crippen MR) is 161 cm³/mol.